The largest absolute Gasteiger partial charge is 0.385 e. The molecular formula is C17H23N3O4. The van der Waals surface area contributed by atoms with Gasteiger partial charge in [0, 0.05) is 25.7 Å². The molecule has 0 unspecified atom stereocenters. The zero-order chi connectivity index (χ0) is 17.5. The van der Waals surface area contributed by atoms with Crippen molar-refractivity contribution >= 4 is 23.2 Å². The monoisotopic (exact) mass is 333 g/mol. The molecule has 0 bridgehead atoms. The van der Waals surface area contributed by atoms with Crippen LogP contribution in [0.2, 0.25) is 0 Å². The van der Waals surface area contributed by atoms with Crippen molar-refractivity contribution in [3.63, 3.8) is 0 Å². The standard InChI is InChI=1S/C17H23N3O4/c1-12-10-20(8-9-23-12)17(22)11-24-19-13(2)15-4-6-16(7-5-15)18-14(3)21/h4-7,12H,8-11H2,1-3H3,(H,18,21)/t12-/m0/s1. The average molecular weight is 333 g/mol. The molecule has 130 valence electrons. The minimum Gasteiger partial charge on any atom is -0.385 e. The predicted molar refractivity (Wildman–Crippen MR) is 90.9 cm³/mol. The van der Waals surface area contributed by atoms with E-state index in [1.54, 1.807) is 24.0 Å². The van der Waals surface area contributed by atoms with Crippen molar-refractivity contribution in [2.45, 2.75) is 26.9 Å². The van der Waals surface area contributed by atoms with Crippen LogP contribution in [0.4, 0.5) is 5.69 Å². The van der Waals surface area contributed by atoms with E-state index in [0.717, 1.165) is 11.3 Å². The van der Waals surface area contributed by atoms with Crippen LogP contribution in [0.1, 0.15) is 26.3 Å². The summed E-state index contributed by atoms with van der Waals surface area (Å²) in [6.45, 7) is 6.82. The van der Waals surface area contributed by atoms with Crippen LogP contribution in [0, 0.1) is 0 Å². The molecule has 1 saturated heterocycles. The summed E-state index contributed by atoms with van der Waals surface area (Å²) >= 11 is 0. The smallest absolute Gasteiger partial charge is 0.263 e. The van der Waals surface area contributed by atoms with Crippen molar-refractivity contribution in [2.75, 3.05) is 31.6 Å². The Kier molecular flexibility index (Phi) is 6.31. The summed E-state index contributed by atoms with van der Waals surface area (Å²) in [5, 5.41) is 6.69. The minimum absolute atomic E-state index is 0.0510. The highest BCUT2D eigenvalue weighted by Crippen LogP contribution is 2.11. The molecule has 1 fully saturated rings. The summed E-state index contributed by atoms with van der Waals surface area (Å²) in [5.74, 6) is -0.213. The minimum atomic E-state index is -0.118. The van der Waals surface area contributed by atoms with E-state index in [1.807, 2.05) is 19.1 Å². The topological polar surface area (TPSA) is 80.2 Å². The Morgan fingerprint density at radius 2 is 2.04 bits per heavy atom. The first-order chi connectivity index (χ1) is 11.5. The third-order valence-electron chi connectivity index (χ3n) is 3.61. The van der Waals surface area contributed by atoms with Gasteiger partial charge in [0.1, 0.15) is 0 Å². The van der Waals surface area contributed by atoms with Gasteiger partial charge in [0.25, 0.3) is 5.91 Å². The van der Waals surface area contributed by atoms with Gasteiger partial charge in [-0.05, 0) is 31.5 Å². The number of nitrogens with one attached hydrogen (secondary N) is 1. The van der Waals surface area contributed by atoms with Gasteiger partial charge in [-0.2, -0.15) is 0 Å². The number of oxime groups is 1. The lowest BCUT2D eigenvalue weighted by atomic mass is 10.1. The number of carbonyl (C=O) groups excluding carboxylic acids is 2. The van der Waals surface area contributed by atoms with Crippen LogP contribution in [-0.4, -0.2) is 54.8 Å². The first kappa shape index (κ1) is 17.9. The first-order valence-corrected chi connectivity index (χ1v) is 7.89. The van der Waals surface area contributed by atoms with Crippen LogP contribution in [-0.2, 0) is 19.2 Å². The van der Waals surface area contributed by atoms with E-state index in [1.165, 1.54) is 6.92 Å². The molecule has 7 heteroatoms. The highest BCUT2D eigenvalue weighted by atomic mass is 16.6. The molecular weight excluding hydrogens is 310 g/mol. The fraction of sp³-hybridized carbons (Fsp3) is 0.471. The number of ether oxygens (including phenoxy) is 1. The average Bonchev–Trinajstić information content (AvgIpc) is 2.54. The van der Waals surface area contributed by atoms with Gasteiger partial charge in [0.15, 0.2) is 6.61 Å². The number of carbonyl (C=O) groups is 2. The summed E-state index contributed by atoms with van der Waals surface area (Å²) in [7, 11) is 0. The molecule has 1 aromatic rings. The van der Waals surface area contributed by atoms with Gasteiger partial charge < -0.3 is 19.8 Å². The van der Waals surface area contributed by atoms with E-state index >= 15 is 0 Å². The molecule has 1 N–H and O–H groups in total. The molecule has 1 aromatic carbocycles. The lowest BCUT2D eigenvalue weighted by Crippen LogP contribution is -2.45. The lowest BCUT2D eigenvalue weighted by Gasteiger charge is -2.30. The van der Waals surface area contributed by atoms with Crippen molar-refractivity contribution in [3.05, 3.63) is 29.8 Å². The Bertz CT molecular complexity index is 613. The van der Waals surface area contributed by atoms with Crippen LogP contribution in [0.15, 0.2) is 29.4 Å². The van der Waals surface area contributed by atoms with E-state index in [4.69, 9.17) is 9.57 Å². The van der Waals surface area contributed by atoms with E-state index in [9.17, 15) is 9.59 Å². The highest BCUT2D eigenvalue weighted by molar-refractivity contribution is 5.99. The number of hydrogen-bond donors (Lipinski definition) is 1. The maximum atomic E-state index is 12.0. The number of morpholine rings is 1. The van der Waals surface area contributed by atoms with Crippen LogP contribution in [0.25, 0.3) is 0 Å². The van der Waals surface area contributed by atoms with Gasteiger partial charge in [-0.1, -0.05) is 17.3 Å². The second-order valence-electron chi connectivity index (χ2n) is 5.73. The fourth-order valence-corrected chi connectivity index (χ4v) is 2.37. The second kappa shape index (κ2) is 8.44. The van der Waals surface area contributed by atoms with E-state index in [-0.39, 0.29) is 24.5 Å². The third-order valence-corrected chi connectivity index (χ3v) is 3.61. The quantitative estimate of drug-likeness (QED) is 0.656. The molecule has 2 amide bonds. The maximum Gasteiger partial charge on any atom is 0.263 e. The second-order valence-corrected chi connectivity index (χ2v) is 5.73. The van der Waals surface area contributed by atoms with Gasteiger partial charge in [-0.25, -0.2) is 0 Å². The summed E-state index contributed by atoms with van der Waals surface area (Å²) in [4.78, 5) is 29.9. The van der Waals surface area contributed by atoms with Crippen LogP contribution in [0.3, 0.4) is 0 Å². The Morgan fingerprint density at radius 1 is 1.33 bits per heavy atom. The third kappa shape index (κ3) is 5.34. The molecule has 1 aliphatic heterocycles. The van der Waals surface area contributed by atoms with Gasteiger partial charge in [0.2, 0.25) is 5.91 Å². The maximum absolute atomic E-state index is 12.0. The molecule has 0 saturated carbocycles. The molecule has 0 radical (unpaired) electrons. The molecule has 24 heavy (non-hydrogen) atoms. The van der Waals surface area contributed by atoms with Crippen molar-refractivity contribution in [1.82, 2.24) is 4.90 Å². The highest BCUT2D eigenvalue weighted by Gasteiger charge is 2.21. The number of rotatable bonds is 5. The van der Waals surface area contributed by atoms with Crippen molar-refractivity contribution in [2.24, 2.45) is 5.16 Å². The Hall–Kier alpha value is -2.41. The first-order valence-electron chi connectivity index (χ1n) is 7.89. The van der Waals surface area contributed by atoms with Crippen molar-refractivity contribution < 1.29 is 19.2 Å². The molecule has 2 rings (SSSR count). The number of amides is 2. The van der Waals surface area contributed by atoms with Crippen LogP contribution in [0.5, 0.6) is 0 Å². The number of anilines is 1. The zero-order valence-electron chi connectivity index (χ0n) is 14.2. The number of nitrogens with zero attached hydrogens (tertiary/aromatic N) is 2. The number of benzene rings is 1. The van der Waals surface area contributed by atoms with Gasteiger partial charge in [-0.15, -0.1) is 0 Å². The van der Waals surface area contributed by atoms with Crippen LogP contribution >= 0.6 is 0 Å². The summed E-state index contributed by atoms with van der Waals surface area (Å²) in [5.41, 5.74) is 2.24. The molecule has 0 spiro atoms. The molecule has 1 heterocycles. The summed E-state index contributed by atoms with van der Waals surface area (Å²) < 4.78 is 5.40. The van der Waals surface area contributed by atoms with E-state index in [0.29, 0.717) is 25.4 Å². The van der Waals surface area contributed by atoms with Gasteiger partial charge >= 0.3 is 0 Å². The normalized spacial score (nSPS) is 18.2. The van der Waals surface area contributed by atoms with Gasteiger partial charge in [-0.3, -0.25) is 9.59 Å². The van der Waals surface area contributed by atoms with Crippen LogP contribution < -0.4 is 5.32 Å². The van der Waals surface area contributed by atoms with Crippen molar-refractivity contribution in [1.29, 1.82) is 0 Å². The van der Waals surface area contributed by atoms with Crippen molar-refractivity contribution in [3.8, 4) is 0 Å². The predicted octanol–water partition coefficient (Wildman–Crippen LogP) is 1.63. The summed E-state index contributed by atoms with van der Waals surface area (Å²) in [6.07, 6.45) is 0.0510. The molecule has 1 aliphatic rings. The molecule has 7 nitrogen and oxygen atoms in total. The Balaban J connectivity index is 1.84. The summed E-state index contributed by atoms with van der Waals surface area (Å²) in [6, 6.07) is 7.24. The van der Waals surface area contributed by atoms with Gasteiger partial charge in [0.05, 0.1) is 18.4 Å². The fourth-order valence-electron chi connectivity index (χ4n) is 2.37. The molecule has 0 aliphatic carbocycles. The lowest BCUT2D eigenvalue weighted by molar-refractivity contribution is -0.142. The SMILES string of the molecule is CC(=O)Nc1ccc(C(C)=NOCC(=O)N2CCO[C@@H](C)C2)cc1. The zero-order valence-corrected chi connectivity index (χ0v) is 14.2. The molecule has 1 atom stereocenters. The van der Waals surface area contributed by atoms with E-state index in [2.05, 4.69) is 10.5 Å². The number of hydrogen-bond acceptors (Lipinski definition) is 5. The Morgan fingerprint density at radius 3 is 2.67 bits per heavy atom. The Labute approximate surface area is 141 Å². The van der Waals surface area contributed by atoms with E-state index < -0.39 is 0 Å². The molecule has 0 aromatic heterocycles.